The topological polar surface area (TPSA) is 35.9 Å². The highest BCUT2D eigenvalue weighted by Gasteiger charge is 2.48. The Morgan fingerprint density at radius 2 is 0.768 bits per heavy atom. The van der Waals surface area contributed by atoms with Gasteiger partial charge in [0, 0.05) is 50.1 Å². The van der Waals surface area contributed by atoms with Crippen molar-refractivity contribution in [2.24, 2.45) is 0 Å². The number of anilines is 2. The summed E-state index contributed by atoms with van der Waals surface area (Å²) in [4.78, 5) is 2.52. The Bertz CT molecular complexity index is 3800. The van der Waals surface area contributed by atoms with Gasteiger partial charge in [0.05, 0.1) is 11.0 Å². The molecule has 5 heteroatoms. The van der Waals surface area contributed by atoms with E-state index in [1.807, 2.05) is 12.1 Å². The van der Waals surface area contributed by atoms with Gasteiger partial charge in [-0.1, -0.05) is 140 Å². The second kappa shape index (κ2) is 14.9. The van der Waals surface area contributed by atoms with Gasteiger partial charge in [0.2, 0.25) is 0 Å². The Hall–Kier alpha value is -8.80. The van der Waals surface area contributed by atoms with E-state index in [-0.39, 0.29) is 24.4 Å². The highest BCUT2D eigenvalue weighted by Crippen LogP contribution is 2.60. The van der Waals surface area contributed by atoms with Crippen LogP contribution in [0.15, 0.2) is 231 Å². The molecule has 1 aromatic heterocycles. The minimum absolute atomic E-state index is 0.0296. The van der Waals surface area contributed by atoms with Crippen LogP contribution in [0, 0.1) is 0 Å². The highest BCUT2D eigenvalue weighted by atomic mass is 16.6. The van der Waals surface area contributed by atoms with Crippen molar-refractivity contribution >= 4 is 33.2 Å². The van der Waals surface area contributed by atoms with Gasteiger partial charge in [0.15, 0.2) is 18.3 Å². The summed E-state index contributed by atoms with van der Waals surface area (Å²) in [6, 6.07) is 83.3. The Balaban J connectivity index is 0.864. The lowest BCUT2D eigenvalue weighted by Crippen LogP contribution is -2.20. The average Bonchev–Trinajstić information content (AvgIpc) is 4.22. The van der Waals surface area contributed by atoms with Gasteiger partial charge in [-0.25, -0.2) is 0 Å². The second-order valence-corrected chi connectivity index (χ2v) is 18.7. The van der Waals surface area contributed by atoms with E-state index in [0.717, 1.165) is 78.7 Å². The van der Waals surface area contributed by atoms with Crippen LogP contribution in [0.4, 0.5) is 11.4 Å². The summed E-state index contributed by atoms with van der Waals surface area (Å²) in [6.45, 7) is 0. The maximum atomic E-state index is 6.97. The first-order valence-corrected chi connectivity index (χ1v) is 23.8. The van der Waals surface area contributed by atoms with E-state index in [9.17, 15) is 0 Å². The number of hydrogen-bond donors (Lipinski definition) is 0. The molecule has 15 rings (SSSR count). The molecule has 326 valence electrons. The molecule has 5 nitrogen and oxygen atoms in total. The lowest BCUT2D eigenvalue weighted by molar-refractivity contribution is 0.123. The SMILES string of the molecule is c1ccc(-c2cc(-c3ccccc3)cc(N3c4ccc(-c5ccc6c(c5)c5cc(-c7ccc8c(c7)C7Oc9ccccc9C7O8)ccc5n6-c5ccccc5)cc4C4Oc5ccccc5C43)c2)cc1. The number of aromatic nitrogens is 1. The molecule has 10 aromatic carbocycles. The number of para-hydroxylation sites is 3. The quantitative estimate of drug-likeness (QED) is 0.167. The third-order valence-corrected chi connectivity index (χ3v) is 14.8. The number of rotatable bonds is 6. The van der Waals surface area contributed by atoms with Crippen molar-refractivity contribution in [2.75, 3.05) is 4.90 Å². The summed E-state index contributed by atoms with van der Waals surface area (Å²) in [5.74, 6) is 2.74. The molecule has 0 N–H and O–H groups in total. The Morgan fingerprint density at radius 1 is 0.290 bits per heavy atom. The summed E-state index contributed by atoms with van der Waals surface area (Å²) >= 11 is 0. The third-order valence-electron chi connectivity index (χ3n) is 14.8. The molecule has 0 fully saturated rings. The molecular weight excluding hydrogens is 845 g/mol. The van der Waals surface area contributed by atoms with Crippen LogP contribution >= 0.6 is 0 Å². The molecule has 0 amide bonds. The van der Waals surface area contributed by atoms with Crippen LogP contribution < -0.4 is 19.1 Å². The maximum Gasteiger partial charge on any atom is 0.168 e. The van der Waals surface area contributed by atoms with Gasteiger partial charge < -0.3 is 23.7 Å². The fourth-order valence-corrected chi connectivity index (χ4v) is 11.6. The van der Waals surface area contributed by atoms with E-state index in [4.69, 9.17) is 14.2 Å². The molecular formula is C64H42N2O3. The van der Waals surface area contributed by atoms with Crippen LogP contribution in [-0.4, -0.2) is 4.57 Å². The largest absolute Gasteiger partial charge is 0.483 e. The van der Waals surface area contributed by atoms with E-state index in [2.05, 4.69) is 228 Å². The fourth-order valence-electron chi connectivity index (χ4n) is 11.6. The number of hydrogen-bond acceptors (Lipinski definition) is 4. The Kier molecular flexibility index (Phi) is 8.25. The average molecular weight is 887 g/mol. The highest BCUT2D eigenvalue weighted by molar-refractivity contribution is 6.11. The number of benzene rings is 10. The number of nitrogens with zero attached hydrogens (tertiary/aromatic N) is 2. The van der Waals surface area contributed by atoms with Crippen LogP contribution in [0.5, 0.6) is 17.2 Å². The van der Waals surface area contributed by atoms with E-state index in [0.29, 0.717) is 0 Å². The summed E-state index contributed by atoms with van der Waals surface area (Å²) in [5.41, 5.74) is 19.7. The van der Waals surface area contributed by atoms with Gasteiger partial charge in [-0.3, -0.25) is 0 Å². The van der Waals surface area contributed by atoms with E-state index >= 15 is 0 Å². The first-order chi connectivity index (χ1) is 34.2. The number of ether oxygens (including phenoxy) is 3. The van der Waals surface area contributed by atoms with E-state index < -0.39 is 0 Å². The van der Waals surface area contributed by atoms with Crippen molar-refractivity contribution in [1.29, 1.82) is 0 Å². The van der Waals surface area contributed by atoms with Crippen molar-refractivity contribution in [2.45, 2.75) is 24.4 Å². The predicted molar refractivity (Wildman–Crippen MR) is 277 cm³/mol. The van der Waals surface area contributed by atoms with Gasteiger partial charge in [-0.2, -0.15) is 0 Å². The van der Waals surface area contributed by atoms with Gasteiger partial charge in [0.25, 0.3) is 0 Å². The molecule has 4 aliphatic rings. The monoisotopic (exact) mass is 886 g/mol. The molecule has 4 aliphatic heterocycles. The van der Waals surface area contributed by atoms with Crippen LogP contribution in [0.2, 0.25) is 0 Å². The van der Waals surface area contributed by atoms with Crippen LogP contribution in [-0.2, 0) is 0 Å². The Labute approximate surface area is 399 Å². The predicted octanol–water partition coefficient (Wildman–Crippen LogP) is 16.3. The lowest BCUT2D eigenvalue weighted by Gasteiger charge is -2.28. The summed E-state index contributed by atoms with van der Waals surface area (Å²) in [5, 5.41) is 2.39. The zero-order valence-electron chi connectivity index (χ0n) is 37.4. The molecule has 0 spiro atoms. The van der Waals surface area contributed by atoms with Crippen molar-refractivity contribution in [1.82, 2.24) is 4.57 Å². The summed E-state index contributed by atoms with van der Waals surface area (Å²) < 4.78 is 22.3. The Morgan fingerprint density at radius 3 is 1.42 bits per heavy atom. The lowest BCUT2D eigenvalue weighted by atomic mass is 9.96. The first-order valence-electron chi connectivity index (χ1n) is 23.8. The smallest absolute Gasteiger partial charge is 0.168 e. The zero-order chi connectivity index (χ0) is 45.2. The van der Waals surface area contributed by atoms with Gasteiger partial charge in [-0.15, -0.1) is 0 Å². The van der Waals surface area contributed by atoms with Crippen LogP contribution in [0.25, 0.3) is 72.0 Å². The molecule has 0 saturated heterocycles. The normalized spacial score (nSPS) is 17.9. The zero-order valence-corrected chi connectivity index (χ0v) is 37.4. The molecule has 5 heterocycles. The molecule has 69 heavy (non-hydrogen) atoms. The number of fused-ring (bicyclic) bond motifs is 13. The third kappa shape index (κ3) is 5.90. The molecule has 0 saturated carbocycles. The van der Waals surface area contributed by atoms with Crippen LogP contribution in [0.3, 0.4) is 0 Å². The molecule has 0 aliphatic carbocycles. The van der Waals surface area contributed by atoms with Crippen molar-refractivity contribution in [3.63, 3.8) is 0 Å². The van der Waals surface area contributed by atoms with Crippen molar-refractivity contribution in [3.8, 4) is 67.4 Å². The molecule has 4 atom stereocenters. The minimum atomic E-state index is -0.180. The maximum absolute atomic E-state index is 6.97. The van der Waals surface area contributed by atoms with Crippen molar-refractivity contribution in [3.05, 3.63) is 253 Å². The van der Waals surface area contributed by atoms with Gasteiger partial charge >= 0.3 is 0 Å². The second-order valence-electron chi connectivity index (χ2n) is 18.7. The molecule has 11 aromatic rings. The van der Waals surface area contributed by atoms with E-state index in [1.165, 1.54) is 44.2 Å². The first kappa shape index (κ1) is 38.3. The van der Waals surface area contributed by atoms with E-state index in [1.54, 1.807) is 0 Å². The minimum Gasteiger partial charge on any atom is -0.483 e. The standard InChI is InChI=1S/C64H42N2O3/c1-4-14-39(15-5-1)45-32-46(40-16-6-2-7-17-40)34-48(33-45)66-57-30-26-43(37-53(57)62-61(66)49-20-10-12-22-58(49)67-62)41-24-28-55-51(35-41)52-36-42(25-29-56(52)65(55)47-18-8-3-9-19-47)44-27-31-60-54(38-44)64-63(69-60)50-21-11-13-23-59(50)68-64/h1-38,61-64H. The molecule has 0 radical (unpaired) electrons. The molecule has 4 unspecified atom stereocenters. The summed E-state index contributed by atoms with van der Waals surface area (Å²) in [7, 11) is 0. The van der Waals surface area contributed by atoms with Gasteiger partial charge in [-0.05, 0) is 136 Å². The van der Waals surface area contributed by atoms with Crippen molar-refractivity contribution < 1.29 is 14.2 Å². The molecule has 0 bridgehead atoms. The summed E-state index contributed by atoms with van der Waals surface area (Å²) in [6.07, 6.45) is -0.465. The van der Waals surface area contributed by atoms with Gasteiger partial charge in [0.1, 0.15) is 23.3 Å². The fraction of sp³-hybridized carbons (Fsp3) is 0.0625. The van der Waals surface area contributed by atoms with Crippen LogP contribution in [0.1, 0.15) is 46.6 Å².